The second-order valence-electron chi connectivity index (χ2n) is 7.42. The lowest BCUT2D eigenvalue weighted by molar-refractivity contribution is -0.144. The van der Waals surface area contributed by atoms with Crippen LogP contribution in [0.15, 0.2) is 90.1 Å². The number of hydrogen-bond donors (Lipinski definition) is 0. The molecule has 1 aliphatic carbocycles. The molecule has 0 spiro atoms. The van der Waals surface area contributed by atoms with Crippen LogP contribution < -0.4 is 0 Å². The van der Waals surface area contributed by atoms with Gasteiger partial charge in [0, 0.05) is 22.6 Å². The molecule has 5 rings (SSSR count). The predicted molar refractivity (Wildman–Crippen MR) is 110 cm³/mol. The molecule has 0 saturated carbocycles. The molecular weight excluding hydrogens is 378 g/mol. The first-order chi connectivity index (χ1) is 14.7. The van der Waals surface area contributed by atoms with Crippen LogP contribution in [-0.4, -0.2) is 23.2 Å². The number of carbonyl (C=O) groups is 3. The van der Waals surface area contributed by atoms with Crippen LogP contribution in [0.5, 0.6) is 0 Å². The third-order valence-corrected chi connectivity index (χ3v) is 5.78. The first kappa shape index (κ1) is 18.2. The molecule has 1 heterocycles. The van der Waals surface area contributed by atoms with Crippen LogP contribution in [0, 0.1) is 11.8 Å². The van der Waals surface area contributed by atoms with Crippen molar-refractivity contribution in [2.75, 3.05) is 0 Å². The van der Waals surface area contributed by atoms with Crippen molar-refractivity contribution in [2.45, 2.75) is 5.92 Å². The van der Waals surface area contributed by atoms with Crippen molar-refractivity contribution in [2.24, 2.45) is 17.0 Å². The molecule has 1 aliphatic heterocycles. The molecular formula is C25H17NO4. The minimum Gasteiger partial charge on any atom is -0.317 e. The van der Waals surface area contributed by atoms with E-state index in [9.17, 15) is 14.4 Å². The summed E-state index contributed by atoms with van der Waals surface area (Å²) >= 11 is 0. The maximum absolute atomic E-state index is 13.3. The summed E-state index contributed by atoms with van der Waals surface area (Å²) < 4.78 is 0. The van der Waals surface area contributed by atoms with Crippen molar-refractivity contribution in [3.8, 4) is 0 Å². The predicted octanol–water partition coefficient (Wildman–Crippen LogP) is 4.04. The zero-order chi connectivity index (χ0) is 20.7. The van der Waals surface area contributed by atoms with Crippen molar-refractivity contribution in [1.29, 1.82) is 0 Å². The average molecular weight is 395 g/mol. The van der Waals surface area contributed by atoms with Crippen LogP contribution >= 0.6 is 0 Å². The Hall–Kier alpha value is -3.86. The zero-order valence-corrected chi connectivity index (χ0v) is 15.9. The molecule has 2 atom stereocenters. The van der Waals surface area contributed by atoms with Gasteiger partial charge in [-0.2, -0.15) is 0 Å². The number of fused-ring (bicyclic) bond motifs is 1. The van der Waals surface area contributed by atoms with Crippen molar-refractivity contribution in [3.05, 3.63) is 107 Å². The highest BCUT2D eigenvalue weighted by atomic mass is 16.7. The Kier molecular flexibility index (Phi) is 4.36. The summed E-state index contributed by atoms with van der Waals surface area (Å²) in [6, 6.07) is 25.2. The Balaban J connectivity index is 1.66. The van der Waals surface area contributed by atoms with Crippen molar-refractivity contribution < 1.29 is 19.2 Å². The van der Waals surface area contributed by atoms with Gasteiger partial charge in [-0.25, -0.2) is 4.79 Å². The van der Waals surface area contributed by atoms with Crippen LogP contribution in [0.2, 0.25) is 0 Å². The van der Waals surface area contributed by atoms with Crippen molar-refractivity contribution >= 4 is 23.2 Å². The second-order valence-corrected chi connectivity index (χ2v) is 7.42. The second kappa shape index (κ2) is 7.19. The van der Waals surface area contributed by atoms with Crippen LogP contribution in [0.3, 0.4) is 0 Å². The molecule has 0 saturated heterocycles. The van der Waals surface area contributed by atoms with Gasteiger partial charge in [0.1, 0.15) is 11.6 Å². The molecule has 0 amide bonds. The number of Topliss-reactive ketones (excluding diaryl/α,β-unsaturated/α-hetero) is 2. The van der Waals surface area contributed by atoms with Gasteiger partial charge in [0.15, 0.2) is 11.6 Å². The maximum atomic E-state index is 13.3. The van der Waals surface area contributed by atoms with Gasteiger partial charge in [-0.3, -0.25) is 9.59 Å². The largest absolute Gasteiger partial charge is 0.344 e. The van der Waals surface area contributed by atoms with Crippen LogP contribution in [0.25, 0.3) is 0 Å². The van der Waals surface area contributed by atoms with Gasteiger partial charge in [-0.05, 0) is 5.56 Å². The lowest BCUT2D eigenvalue weighted by atomic mass is 9.72. The topological polar surface area (TPSA) is 72.8 Å². The average Bonchev–Trinajstić information content (AvgIpc) is 3.29. The van der Waals surface area contributed by atoms with Gasteiger partial charge in [0.2, 0.25) is 0 Å². The van der Waals surface area contributed by atoms with E-state index in [1.807, 2.05) is 60.7 Å². The molecule has 2 unspecified atom stereocenters. The Labute approximate surface area is 173 Å². The number of carbonyl (C=O) groups excluding carboxylic acids is 3. The third-order valence-electron chi connectivity index (χ3n) is 5.78. The molecule has 3 aromatic carbocycles. The molecule has 30 heavy (non-hydrogen) atoms. The molecule has 0 aromatic heterocycles. The van der Waals surface area contributed by atoms with Gasteiger partial charge in [0.05, 0.1) is 5.92 Å². The van der Waals surface area contributed by atoms with E-state index in [4.69, 9.17) is 4.84 Å². The highest BCUT2D eigenvalue weighted by molar-refractivity contribution is 6.28. The van der Waals surface area contributed by atoms with Gasteiger partial charge < -0.3 is 4.84 Å². The van der Waals surface area contributed by atoms with E-state index in [1.54, 1.807) is 24.3 Å². The molecule has 5 nitrogen and oxygen atoms in total. The lowest BCUT2D eigenvalue weighted by Gasteiger charge is -2.26. The smallest absolute Gasteiger partial charge is 0.317 e. The van der Waals surface area contributed by atoms with Gasteiger partial charge >= 0.3 is 5.97 Å². The minimum atomic E-state index is -1.01. The van der Waals surface area contributed by atoms with E-state index >= 15 is 0 Å². The molecule has 146 valence electrons. The zero-order valence-electron chi connectivity index (χ0n) is 15.9. The fourth-order valence-corrected chi connectivity index (χ4v) is 4.42. The summed E-state index contributed by atoms with van der Waals surface area (Å²) in [5, 5.41) is 4.03. The number of hydrogen-bond acceptors (Lipinski definition) is 5. The standard InChI is InChI=1S/C25H17NO4/c27-23-17-13-7-8-14-18(17)24(28)21(23)19(15-9-3-1-4-10-15)20-22(26-30-25(20)29)16-11-5-2-6-12-16/h1-14,19-21H. The maximum Gasteiger partial charge on any atom is 0.344 e. The fraction of sp³-hybridized carbons (Fsp3) is 0.120. The number of rotatable bonds is 4. The van der Waals surface area contributed by atoms with E-state index in [-0.39, 0.29) is 11.6 Å². The normalized spacial score (nSPS) is 19.4. The molecule has 2 aliphatic rings. The summed E-state index contributed by atoms with van der Waals surface area (Å²) in [6.07, 6.45) is 0. The van der Waals surface area contributed by atoms with Gasteiger partial charge in [-0.15, -0.1) is 0 Å². The highest BCUT2D eigenvalue weighted by Crippen LogP contribution is 2.43. The Morgan fingerprint density at radius 2 is 1.20 bits per heavy atom. The van der Waals surface area contributed by atoms with E-state index in [0.717, 1.165) is 11.1 Å². The first-order valence-corrected chi connectivity index (χ1v) is 9.73. The van der Waals surface area contributed by atoms with Crippen LogP contribution in [0.4, 0.5) is 0 Å². The van der Waals surface area contributed by atoms with Gasteiger partial charge in [-0.1, -0.05) is 90.1 Å². The van der Waals surface area contributed by atoms with Crippen molar-refractivity contribution in [1.82, 2.24) is 0 Å². The molecule has 0 N–H and O–H groups in total. The minimum absolute atomic E-state index is 0.267. The molecule has 0 bridgehead atoms. The van der Waals surface area contributed by atoms with Gasteiger partial charge in [0.25, 0.3) is 0 Å². The van der Waals surface area contributed by atoms with E-state index < -0.39 is 23.7 Å². The summed E-state index contributed by atoms with van der Waals surface area (Å²) in [4.78, 5) is 44.6. The van der Waals surface area contributed by atoms with E-state index in [2.05, 4.69) is 5.16 Å². The number of benzene rings is 3. The quantitative estimate of drug-likeness (QED) is 0.494. The molecule has 0 fully saturated rings. The number of nitrogens with zero attached hydrogens (tertiary/aromatic N) is 1. The Bertz CT molecular complexity index is 1150. The van der Waals surface area contributed by atoms with Crippen molar-refractivity contribution in [3.63, 3.8) is 0 Å². The summed E-state index contributed by atoms with van der Waals surface area (Å²) in [5.74, 6) is -3.67. The molecule has 0 radical (unpaired) electrons. The summed E-state index contributed by atoms with van der Waals surface area (Å²) in [7, 11) is 0. The van der Waals surface area contributed by atoms with E-state index in [1.165, 1.54) is 0 Å². The summed E-state index contributed by atoms with van der Waals surface area (Å²) in [6.45, 7) is 0. The monoisotopic (exact) mass is 395 g/mol. The first-order valence-electron chi connectivity index (χ1n) is 9.73. The third kappa shape index (κ3) is 2.78. The molecule has 3 aromatic rings. The Morgan fingerprint density at radius 3 is 1.80 bits per heavy atom. The fourth-order valence-electron chi connectivity index (χ4n) is 4.42. The SMILES string of the molecule is O=C1ON=C(c2ccccc2)C1C(c1ccccc1)C1C(=O)c2ccccc2C1=O. The van der Waals surface area contributed by atoms with E-state index in [0.29, 0.717) is 16.8 Å². The van der Waals surface area contributed by atoms with Crippen LogP contribution in [-0.2, 0) is 9.63 Å². The van der Waals surface area contributed by atoms with Crippen LogP contribution in [0.1, 0.15) is 37.8 Å². The number of ketones is 2. The molecule has 5 heteroatoms. The Morgan fingerprint density at radius 1 is 0.667 bits per heavy atom. The lowest BCUT2D eigenvalue weighted by Crippen LogP contribution is -2.36. The highest BCUT2D eigenvalue weighted by Gasteiger charge is 2.52. The summed E-state index contributed by atoms with van der Waals surface area (Å²) in [5.41, 5.74) is 2.69. The number of oxime groups is 1.